The molecule has 4 rings (SSSR count). The number of ether oxygens (including phenoxy) is 4. The lowest BCUT2D eigenvalue weighted by Crippen LogP contribution is -2.43. The van der Waals surface area contributed by atoms with Crippen LogP contribution in [-0.2, 0) is 37.1 Å². The summed E-state index contributed by atoms with van der Waals surface area (Å²) in [5.41, 5.74) is -0.0895. The Bertz CT molecular complexity index is 1290. The van der Waals surface area contributed by atoms with E-state index in [0.717, 1.165) is 14.7 Å². The molecule has 2 heterocycles. The average molecular weight is 480 g/mol. The SMILES string of the molecule is CC(=O)OC1C[C@@H](OC(=O)c2ccccc2)[C@H](n2ccc(=O)n(COCc3ccccc3)c2=O)O1. The van der Waals surface area contributed by atoms with Gasteiger partial charge in [0.25, 0.3) is 5.56 Å². The zero-order valence-corrected chi connectivity index (χ0v) is 18.9. The van der Waals surface area contributed by atoms with Gasteiger partial charge in [-0.05, 0) is 17.7 Å². The van der Waals surface area contributed by atoms with Crippen molar-refractivity contribution in [3.05, 3.63) is 105 Å². The molecule has 10 nitrogen and oxygen atoms in total. The molecular formula is C25H24N2O8. The molecule has 1 unspecified atom stereocenters. The fourth-order valence-electron chi connectivity index (χ4n) is 3.67. The van der Waals surface area contributed by atoms with Gasteiger partial charge in [0.1, 0.15) is 6.73 Å². The van der Waals surface area contributed by atoms with E-state index in [0.29, 0.717) is 5.56 Å². The van der Waals surface area contributed by atoms with Gasteiger partial charge in [-0.25, -0.2) is 14.2 Å². The van der Waals surface area contributed by atoms with Crippen LogP contribution in [0.1, 0.15) is 35.5 Å². The number of benzene rings is 2. The molecule has 1 saturated heterocycles. The molecule has 1 aliphatic heterocycles. The van der Waals surface area contributed by atoms with Crippen LogP contribution in [0.25, 0.3) is 0 Å². The van der Waals surface area contributed by atoms with E-state index in [-0.39, 0.29) is 19.8 Å². The summed E-state index contributed by atoms with van der Waals surface area (Å²) in [5, 5.41) is 0. The molecule has 3 atom stereocenters. The number of aromatic nitrogens is 2. The van der Waals surface area contributed by atoms with Gasteiger partial charge in [0.2, 0.25) is 6.29 Å². The van der Waals surface area contributed by atoms with Gasteiger partial charge in [0.15, 0.2) is 12.3 Å². The lowest BCUT2D eigenvalue weighted by molar-refractivity contribution is -0.180. The minimum absolute atomic E-state index is 0.0128. The van der Waals surface area contributed by atoms with Crippen LogP contribution in [0.3, 0.4) is 0 Å². The number of carbonyl (C=O) groups excluding carboxylic acids is 2. The largest absolute Gasteiger partial charge is 0.454 e. The summed E-state index contributed by atoms with van der Waals surface area (Å²) in [6.07, 6.45) is -1.85. The first-order valence-electron chi connectivity index (χ1n) is 10.9. The number of carbonyl (C=O) groups is 2. The van der Waals surface area contributed by atoms with E-state index >= 15 is 0 Å². The molecule has 10 heteroatoms. The highest BCUT2D eigenvalue weighted by atomic mass is 16.7. The molecule has 0 radical (unpaired) electrons. The van der Waals surface area contributed by atoms with Crippen molar-refractivity contribution in [2.24, 2.45) is 0 Å². The van der Waals surface area contributed by atoms with Crippen LogP contribution in [-0.4, -0.2) is 33.5 Å². The maximum absolute atomic E-state index is 13.2. The molecule has 182 valence electrons. The van der Waals surface area contributed by atoms with Crippen LogP contribution >= 0.6 is 0 Å². The van der Waals surface area contributed by atoms with Gasteiger partial charge in [-0.2, -0.15) is 0 Å². The van der Waals surface area contributed by atoms with Crippen molar-refractivity contribution < 1.29 is 28.5 Å². The Morgan fingerprint density at radius 2 is 1.66 bits per heavy atom. The third kappa shape index (κ3) is 5.92. The van der Waals surface area contributed by atoms with E-state index in [4.69, 9.17) is 18.9 Å². The smallest absolute Gasteiger partial charge is 0.338 e. The monoisotopic (exact) mass is 480 g/mol. The molecular weight excluding hydrogens is 456 g/mol. The Hall–Kier alpha value is -4.02. The first-order valence-corrected chi connectivity index (χ1v) is 10.9. The standard InChI is InChI=1S/C25H24N2O8/c1-17(28)33-22-14-20(34-24(30)19-10-6-3-7-11-19)23(35-22)26-13-12-21(29)27(25(26)31)16-32-15-18-8-4-2-5-9-18/h2-13,20,22-23H,14-16H2,1H3/t20-,22?,23-/m1/s1. The van der Waals surface area contributed by atoms with E-state index in [1.807, 2.05) is 30.3 Å². The molecule has 2 aromatic carbocycles. The van der Waals surface area contributed by atoms with Crippen LogP contribution in [0.5, 0.6) is 0 Å². The zero-order chi connectivity index (χ0) is 24.8. The van der Waals surface area contributed by atoms with Gasteiger partial charge in [0, 0.05) is 19.2 Å². The summed E-state index contributed by atoms with van der Waals surface area (Å²) in [7, 11) is 0. The maximum atomic E-state index is 13.2. The highest BCUT2D eigenvalue weighted by Crippen LogP contribution is 2.31. The topological polar surface area (TPSA) is 115 Å². The molecule has 0 spiro atoms. The lowest BCUT2D eigenvalue weighted by atomic mass is 10.2. The van der Waals surface area contributed by atoms with Crippen molar-refractivity contribution in [2.75, 3.05) is 0 Å². The van der Waals surface area contributed by atoms with E-state index < -0.39 is 41.8 Å². The predicted molar refractivity (Wildman–Crippen MR) is 122 cm³/mol. The second kappa shape index (κ2) is 10.9. The molecule has 0 aliphatic carbocycles. The first-order chi connectivity index (χ1) is 16.9. The Balaban J connectivity index is 1.56. The van der Waals surface area contributed by atoms with Gasteiger partial charge in [-0.15, -0.1) is 0 Å². The quantitative estimate of drug-likeness (QED) is 0.451. The number of esters is 2. The second-order valence-corrected chi connectivity index (χ2v) is 7.85. The van der Waals surface area contributed by atoms with Crippen LogP contribution in [0.2, 0.25) is 0 Å². The highest BCUT2D eigenvalue weighted by molar-refractivity contribution is 5.89. The van der Waals surface area contributed by atoms with Crippen LogP contribution < -0.4 is 11.2 Å². The van der Waals surface area contributed by atoms with Crippen LogP contribution in [0.15, 0.2) is 82.5 Å². The fourth-order valence-corrected chi connectivity index (χ4v) is 3.67. The summed E-state index contributed by atoms with van der Waals surface area (Å²) >= 11 is 0. The minimum Gasteiger partial charge on any atom is -0.454 e. The minimum atomic E-state index is -1.12. The summed E-state index contributed by atoms with van der Waals surface area (Å²) in [6.45, 7) is 1.13. The number of rotatable bonds is 8. The first kappa shape index (κ1) is 24.1. The van der Waals surface area contributed by atoms with E-state index in [2.05, 4.69) is 0 Å². The van der Waals surface area contributed by atoms with Gasteiger partial charge in [-0.3, -0.25) is 14.2 Å². The van der Waals surface area contributed by atoms with Crippen molar-refractivity contribution in [3.8, 4) is 0 Å². The van der Waals surface area contributed by atoms with E-state index in [1.165, 1.54) is 19.2 Å². The molecule has 0 saturated carbocycles. The van der Waals surface area contributed by atoms with Crippen LogP contribution in [0.4, 0.5) is 0 Å². The summed E-state index contributed by atoms with van der Waals surface area (Å²) < 4.78 is 24.1. The van der Waals surface area contributed by atoms with Crippen molar-refractivity contribution >= 4 is 11.9 Å². The van der Waals surface area contributed by atoms with Gasteiger partial charge in [0.05, 0.1) is 18.6 Å². The number of hydrogen-bond donors (Lipinski definition) is 0. The fraction of sp³-hybridized carbons (Fsp3) is 0.280. The second-order valence-electron chi connectivity index (χ2n) is 7.85. The summed E-state index contributed by atoms with van der Waals surface area (Å²) in [4.78, 5) is 49.6. The highest BCUT2D eigenvalue weighted by Gasteiger charge is 2.42. The van der Waals surface area contributed by atoms with Crippen molar-refractivity contribution in [2.45, 2.75) is 45.3 Å². The van der Waals surface area contributed by atoms with Gasteiger partial charge < -0.3 is 18.9 Å². The average Bonchev–Trinajstić information content (AvgIpc) is 3.23. The molecule has 0 bridgehead atoms. The Morgan fingerprint density at radius 3 is 2.34 bits per heavy atom. The van der Waals surface area contributed by atoms with Crippen molar-refractivity contribution in [1.82, 2.24) is 9.13 Å². The Labute approximate surface area is 200 Å². The molecule has 0 amide bonds. The number of nitrogens with zero attached hydrogens (tertiary/aromatic N) is 2. The number of hydrogen-bond acceptors (Lipinski definition) is 8. The third-order valence-electron chi connectivity index (χ3n) is 5.30. The molecule has 35 heavy (non-hydrogen) atoms. The summed E-state index contributed by atoms with van der Waals surface area (Å²) in [5.74, 6) is -1.21. The molecule has 1 aliphatic rings. The van der Waals surface area contributed by atoms with E-state index in [9.17, 15) is 19.2 Å². The van der Waals surface area contributed by atoms with Crippen molar-refractivity contribution in [3.63, 3.8) is 0 Å². The molecule has 0 N–H and O–H groups in total. The normalized spacial score (nSPS) is 19.3. The summed E-state index contributed by atoms with van der Waals surface area (Å²) in [6, 6.07) is 18.8. The third-order valence-corrected chi connectivity index (χ3v) is 5.30. The molecule has 3 aromatic rings. The zero-order valence-electron chi connectivity index (χ0n) is 18.9. The van der Waals surface area contributed by atoms with Gasteiger partial charge >= 0.3 is 17.6 Å². The van der Waals surface area contributed by atoms with Crippen LogP contribution in [0, 0.1) is 0 Å². The van der Waals surface area contributed by atoms with Crippen molar-refractivity contribution in [1.29, 1.82) is 0 Å². The Kier molecular flexibility index (Phi) is 7.54. The van der Waals surface area contributed by atoms with E-state index in [1.54, 1.807) is 30.3 Å². The molecule has 1 fully saturated rings. The lowest BCUT2D eigenvalue weighted by Gasteiger charge is -2.21. The maximum Gasteiger partial charge on any atom is 0.338 e. The predicted octanol–water partition coefficient (Wildman–Crippen LogP) is 2.22. The Morgan fingerprint density at radius 1 is 0.971 bits per heavy atom. The molecule has 1 aromatic heterocycles. The van der Waals surface area contributed by atoms with Gasteiger partial charge in [-0.1, -0.05) is 48.5 Å².